The minimum absolute atomic E-state index is 0. The molecule has 7 aromatic rings. The molecule has 0 fully saturated rings. The molecular weight excluding hydrogens is 801 g/mol. The Morgan fingerprint density at radius 3 is 2.17 bits per heavy atom. The largest absolute Gasteiger partial charge is 0 e. The fourth-order valence-corrected chi connectivity index (χ4v) is 9.24. The maximum atomic E-state index is 6.10. The summed E-state index contributed by atoms with van der Waals surface area (Å²) in [5.74, 6) is 7.67. The van der Waals surface area contributed by atoms with Gasteiger partial charge in [-0.15, -0.1) is 17.7 Å². The molecule has 0 N–H and O–H groups in total. The Kier molecular flexibility index (Phi) is 10.4. The first-order valence-corrected chi connectivity index (χ1v) is 22.9. The molecule has 0 saturated carbocycles. The Morgan fingerprint density at radius 2 is 1.48 bits per heavy atom. The normalized spacial score (nSPS) is 11.3. The first-order valence-electron chi connectivity index (χ1n) is 15.5. The van der Waals surface area contributed by atoms with E-state index in [0.29, 0.717) is 5.92 Å². The van der Waals surface area contributed by atoms with Gasteiger partial charge in [-0.05, 0) is 40.3 Å². The summed E-state index contributed by atoms with van der Waals surface area (Å²) in [7, 11) is 0. The van der Waals surface area contributed by atoms with Crippen LogP contribution in [0.25, 0.3) is 55.6 Å². The molecule has 3 nitrogen and oxygen atoms in total. The smallest absolute Gasteiger partial charge is 0 e. The average Bonchev–Trinajstić information content (AvgIpc) is 3.42. The maximum absolute atomic E-state index is 6.10. The van der Waals surface area contributed by atoms with Crippen LogP contribution in [0.1, 0.15) is 30.9 Å². The number of fused-ring (bicyclic) bond motifs is 3. The van der Waals surface area contributed by atoms with Crippen molar-refractivity contribution in [2.24, 2.45) is 0 Å². The van der Waals surface area contributed by atoms with Crippen LogP contribution in [-0.2, 0) is 20.1 Å². The van der Waals surface area contributed by atoms with E-state index in [4.69, 9.17) is 4.42 Å². The first kappa shape index (κ1) is 33.5. The number of rotatable bonds is 5. The molecule has 233 valence electrons. The van der Waals surface area contributed by atoms with Gasteiger partial charge >= 0.3 is 106 Å². The molecule has 0 bridgehead atoms. The molecule has 3 aromatic heterocycles. The van der Waals surface area contributed by atoms with Gasteiger partial charge in [0, 0.05) is 26.3 Å². The number of aromatic nitrogens is 2. The molecule has 0 aliphatic carbocycles. The van der Waals surface area contributed by atoms with Crippen molar-refractivity contribution >= 4 is 39.6 Å². The third-order valence-corrected chi connectivity index (χ3v) is 12.6. The molecule has 0 unspecified atom stereocenters. The van der Waals surface area contributed by atoms with Gasteiger partial charge in [0.15, 0.2) is 0 Å². The number of hydrogen-bond donors (Lipinski definition) is 0. The van der Waals surface area contributed by atoms with Crippen molar-refractivity contribution in [1.29, 1.82) is 0 Å². The Balaban J connectivity index is 0.000000200. The van der Waals surface area contributed by atoms with Crippen LogP contribution in [-0.4, -0.2) is 23.2 Å². The van der Waals surface area contributed by atoms with Crippen LogP contribution in [0.3, 0.4) is 0 Å². The summed E-state index contributed by atoms with van der Waals surface area (Å²) >= 11 is -1.77. The van der Waals surface area contributed by atoms with Crippen molar-refractivity contribution in [2.45, 2.75) is 44.0 Å². The standard InChI is InChI=1S/C26H20NO.C15H18GeN.Ir/c1-17(2)19-12-13-27-24(15-19)21-8-10-22-23-14-20(18-6-4-3-5-7-18)9-11-25(23)28-26(22)16-21;1-12-10-15(13-8-6-5-7-9-13)17-11-14(12)16(2,3)4;/h3-15,17H,1-2H3;5-8,10-11H,1-4H3;/q2*-1;. The summed E-state index contributed by atoms with van der Waals surface area (Å²) in [5.41, 5.74) is 10.7. The molecule has 3 heterocycles. The van der Waals surface area contributed by atoms with Crippen molar-refractivity contribution in [3.63, 3.8) is 0 Å². The SMILES string of the molecule is CC(C)c1ccnc(-c2[c-]c3oc4ccc(-c5ccccc5)cc4c3cc2)c1.Cc1cc(-c2[c-]cccc2)nc[c]1[Ge]([CH3])([CH3])[CH3].[Ir]. The van der Waals surface area contributed by atoms with Gasteiger partial charge in [0.2, 0.25) is 0 Å². The van der Waals surface area contributed by atoms with Crippen molar-refractivity contribution in [1.82, 2.24) is 9.97 Å². The van der Waals surface area contributed by atoms with Crippen LogP contribution in [0.15, 0.2) is 120 Å². The molecule has 1 radical (unpaired) electrons. The predicted octanol–water partition coefficient (Wildman–Crippen LogP) is 10.6. The van der Waals surface area contributed by atoms with E-state index in [2.05, 4.69) is 139 Å². The van der Waals surface area contributed by atoms with Gasteiger partial charge in [0.05, 0.1) is 5.58 Å². The van der Waals surface area contributed by atoms with Gasteiger partial charge in [-0.1, -0.05) is 79.4 Å². The summed E-state index contributed by atoms with van der Waals surface area (Å²) in [6, 6.07) is 42.0. The number of furan rings is 1. The van der Waals surface area contributed by atoms with E-state index < -0.39 is 13.3 Å². The van der Waals surface area contributed by atoms with Crippen LogP contribution in [0.4, 0.5) is 0 Å². The Bertz CT molecular complexity index is 2080. The molecule has 0 atom stereocenters. The second-order valence-electron chi connectivity index (χ2n) is 12.8. The molecule has 5 heteroatoms. The van der Waals surface area contributed by atoms with E-state index in [-0.39, 0.29) is 20.1 Å². The third kappa shape index (κ3) is 7.42. The number of nitrogens with zero attached hydrogens (tertiary/aromatic N) is 2. The molecule has 46 heavy (non-hydrogen) atoms. The van der Waals surface area contributed by atoms with E-state index >= 15 is 0 Å². The van der Waals surface area contributed by atoms with Crippen molar-refractivity contribution in [2.75, 3.05) is 0 Å². The second kappa shape index (κ2) is 14.3. The van der Waals surface area contributed by atoms with Gasteiger partial charge in [-0.25, -0.2) is 0 Å². The van der Waals surface area contributed by atoms with Gasteiger partial charge < -0.3 is 9.40 Å². The molecule has 0 spiro atoms. The summed E-state index contributed by atoms with van der Waals surface area (Å²) in [5, 5.41) is 2.19. The summed E-state index contributed by atoms with van der Waals surface area (Å²) in [6.07, 6.45) is 3.94. The van der Waals surface area contributed by atoms with Crippen LogP contribution >= 0.6 is 0 Å². The fourth-order valence-electron chi connectivity index (χ4n) is 5.66. The van der Waals surface area contributed by atoms with Crippen LogP contribution in [0, 0.1) is 19.1 Å². The third-order valence-electron chi connectivity index (χ3n) is 8.13. The zero-order valence-electron chi connectivity index (χ0n) is 27.2. The van der Waals surface area contributed by atoms with E-state index in [9.17, 15) is 0 Å². The van der Waals surface area contributed by atoms with Gasteiger partial charge in [0.25, 0.3) is 0 Å². The van der Waals surface area contributed by atoms with Crippen LogP contribution < -0.4 is 4.40 Å². The zero-order valence-corrected chi connectivity index (χ0v) is 31.7. The van der Waals surface area contributed by atoms with Crippen LogP contribution in [0.2, 0.25) is 17.3 Å². The van der Waals surface area contributed by atoms with E-state index in [1.165, 1.54) is 26.6 Å². The predicted molar refractivity (Wildman–Crippen MR) is 192 cm³/mol. The molecule has 0 aliphatic rings. The van der Waals surface area contributed by atoms with Crippen molar-refractivity contribution in [3.8, 4) is 33.6 Å². The van der Waals surface area contributed by atoms with Crippen LogP contribution in [0.5, 0.6) is 0 Å². The first-order chi connectivity index (χ1) is 21.7. The summed E-state index contributed by atoms with van der Waals surface area (Å²) in [4.78, 5) is 9.13. The van der Waals surface area contributed by atoms with E-state index in [1.807, 2.05) is 36.5 Å². The molecule has 0 aliphatic heterocycles. The minimum Gasteiger partial charge on any atom is 0 e. The Labute approximate surface area is 288 Å². The molecule has 0 amide bonds. The van der Waals surface area contributed by atoms with Gasteiger partial charge in [-0.3, -0.25) is 0 Å². The summed E-state index contributed by atoms with van der Waals surface area (Å²) < 4.78 is 7.59. The van der Waals surface area contributed by atoms with Crippen molar-refractivity contribution in [3.05, 3.63) is 139 Å². The molecular formula is C41H38GeIrN2O-2. The average molecular weight is 840 g/mol. The number of aryl methyl sites for hydroxylation is 1. The summed E-state index contributed by atoms with van der Waals surface area (Å²) in [6.45, 7) is 6.57. The van der Waals surface area contributed by atoms with E-state index in [0.717, 1.165) is 44.5 Å². The monoisotopic (exact) mass is 841 g/mol. The Hall–Kier alpha value is -3.83. The quantitative estimate of drug-likeness (QED) is 0.128. The second-order valence-corrected chi connectivity index (χ2v) is 23.4. The zero-order chi connectivity index (χ0) is 31.6. The number of pyridine rings is 2. The molecule has 4 aromatic carbocycles. The van der Waals surface area contributed by atoms with Gasteiger partial charge in [-0.2, -0.15) is 0 Å². The number of benzene rings is 4. The number of hydrogen-bond acceptors (Lipinski definition) is 3. The molecule has 7 rings (SSSR count). The van der Waals surface area contributed by atoms with E-state index in [1.54, 1.807) is 0 Å². The van der Waals surface area contributed by atoms with Crippen molar-refractivity contribution < 1.29 is 24.5 Å². The minimum atomic E-state index is -1.77. The Morgan fingerprint density at radius 1 is 0.717 bits per heavy atom. The van der Waals surface area contributed by atoms with Gasteiger partial charge in [0.1, 0.15) is 5.58 Å². The maximum Gasteiger partial charge on any atom is 0 e. The molecule has 0 saturated heterocycles. The fraction of sp³-hybridized carbons (Fsp3) is 0.171. The topological polar surface area (TPSA) is 38.9 Å².